The van der Waals surface area contributed by atoms with Gasteiger partial charge in [0.2, 0.25) is 0 Å². The van der Waals surface area contributed by atoms with Crippen LogP contribution in [0.1, 0.15) is 12.8 Å². The average molecular weight is 299 g/mol. The molecule has 0 atom stereocenters. The number of hydrogen-bond acceptors (Lipinski definition) is 2. The number of anilines is 1. The molecule has 1 amide bonds. The van der Waals surface area contributed by atoms with E-state index in [1.807, 2.05) is 24.3 Å². The topological polar surface area (TPSA) is 52.6 Å². The van der Waals surface area contributed by atoms with Gasteiger partial charge in [0.15, 0.2) is 0 Å². The molecule has 1 aromatic rings. The molecule has 1 aromatic carbocycles. The fourth-order valence-electron chi connectivity index (χ4n) is 2.00. The van der Waals surface area contributed by atoms with E-state index in [1.54, 1.807) is 0 Å². The second kappa shape index (κ2) is 5.40. The van der Waals surface area contributed by atoms with Gasteiger partial charge in [-0.1, -0.05) is 15.9 Å². The molecular formula is C12H15BrN2O2. The molecule has 1 saturated heterocycles. The van der Waals surface area contributed by atoms with Crippen molar-refractivity contribution in [3.05, 3.63) is 28.7 Å². The molecule has 0 aromatic heterocycles. The summed E-state index contributed by atoms with van der Waals surface area (Å²) in [5.41, 5.74) is 1.09. The molecule has 0 radical (unpaired) electrons. The third-order valence-electron chi connectivity index (χ3n) is 2.98. The third-order valence-corrected chi connectivity index (χ3v) is 3.51. The SMILES string of the molecule is O=C(O)N1CCC(Nc2ccc(Br)cc2)CC1. The molecule has 1 fully saturated rings. The highest BCUT2D eigenvalue weighted by atomic mass is 79.9. The number of amides is 1. The van der Waals surface area contributed by atoms with Crippen molar-refractivity contribution in [1.29, 1.82) is 0 Å². The van der Waals surface area contributed by atoms with Crippen LogP contribution in [0.5, 0.6) is 0 Å². The van der Waals surface area contributed by atoms with Gasteiger partial charge < -0.3 is 15.3 Å². The molecule has 0 bridgehead atoms. The molecule has 17 heavy (non-hydrogen) atoms. The second-order valence-electron chi connectivity index (χ2n) is 4.20. The minimum Gasteiger partial charge on any atom is -0.465 e. The zero-order valence-electron chi connectivity index (χ0n) is 9.40. The standard InChI is InChI=1S/C12H15BrN2O2/c13-9-1-3-10(4-2-9)14-11-5-7-15(8-6-11)12(16)17/h1-4,11,14H,5-8H2,(H,16,17). The van der Waals surface area contributed by atoms with Gasteiger partial charge in [-0.05, 0) is 37.1 Å². The third kappa shape index (κ3) is 3.36. The average Bonchev–Trinajstić information content (AvgIpc) is 2.33. The van der Waals surface area contributed by atoms with E-state index in [4.69, 9.17) is 5.11 Å². The second-order valence-corrected chi connectivity index (χ2v) is 5.11. The van der Waals surface area contributed by atoms with Gasteiger partial charge in [0.1, 0.15) is 0 Å². The summed E-state index contributed by atoms with van der Waals surface area (Å²) in [6.45, 7) is 1.23. The molecule has 1 aliphatic rings. The Labute approximate surface area is 109 Å². The van der Waals surface area contributed by atoms with E-state index in [2.05, 4.69) is 21.2 Å². The summed E-state index contributed by atoms with van der Waals surface area (Å²) in [6.07, 6.45) is 0.914. The summed E-state index contributed by atoms with van der Waals surface area (Å²) in [5.74, 6) is 0. The molecule has 0 unspecified atom stereocenters. The van der Waals surface area contributed by atoms with Crippen molar-refractivity contribution in [1.82, 2.24) is 4.90 Å². The van der Waals surface area contributed by atoms with Gasteiger partial charge in [-0.2, -0.15) is 0 Å². The number of hydrogen-bond donors (Lipinski definition) is 2. The predicted octanol–water partition coefficient (Wildman–Crippen LogP) is 3.00. The summed E-state index contributed by atoms with van der Waals surface area (Å²) in [5, 5.41) is 12.3. The number of nitrogens with one attached hydrogen (secondary N) is 1. The number of carboxylic acid groups (broad SMARTS) is 1. The van der Waals surface area contributed by atoms with Gasteiger partial charge in [-0.15, -0.1) is 0 Å². The number of nitrogens with zero attached hydrogens (tertiary/aromatic N) is 1. The first-order valence-electron chi connectivity index (χ1n) is 5.65. The zero-order chi connectivity index (χ0) is 12.3. The summed E-state index contributed by atoms with van der Waals surface area (Å²) in [4.78, 5) is 12.2. The zero-order valence-corrected chi connectivity index (χ0v) is 11.0. The van der Waals surface area contributed by atoms with E-state index in [0.29, 0.717) is 19.1 Å². The maximum atomic E-state index is 10.8. The lowest BCUT2D eigenvalue weighted by atomic mass is 10.1. The molecule has 5 heteroatoms. The first kappa shape index (κ1) is 12.2. The molecule has 1 heterocycles. The molecule has 2 N–H and O–H groups in total. The van der Waals surface area contributed by atoms with Crippen molar-refractivity contribution in [2.24, 2.45) is 0 Å². The van der Waals surface area contributed by atoms with E-state index in [0.717, 1.165) is 23.0 Å². The number of rotatable bonds is 2. The first-order valence-corrected chi connectivity index (χ1v) is 6.44. The Bertz CT molecular complexity index is 386. The van der Waals surface area contributed by atoms with Crippen LogP contribution in [0.25, 0.3) is 0 Å². The minimum absolute atomic E-state index is 0.367. The van der Waals surface area contributed by atoms with Gasteiger partial charge in [-0.3, -0.25) is 0 Å². The van der Waals surface area contributed by atoms with Gasteiger partial charge in [0.05, 0.1) is 0 Å². The van der Waals surface area contributed by atoms with E-state index >= 15 is 0 Å². The maximum Gasteiger partial charge on any atom is 0.407 e. The number of halogens is 1. The first-order chi connectivity index (χ1) is 8.15. The van der Waals surface area contributed by atoms with Gasteiger partial charge in [0, 0.05) is 29.3 Å². The molecule has 1 aliphatic heterocycles. The number of carbonyl (C=O) groups is 1. The van der Waals surface area contributed by atoms with Crippen LogP contribution in [0.4, 0.5) is 10.5 Å². The summed E-state index contributed by atoms with van der Waals surface area (Å²) >= 11 is 3.39. The summed E-state index contributed by atoms with van der Waals surface area (Å²) in [7, 11) is 0. The Morgan fingerprint density at radius 3 is 2.41 bits per heavy atom. The Morgan fingerprint density at radius 2 is 1.88 bits per heavy atom. The monoisotopic (exact) mass is 298 g/mol. The Morgan fingerprint density at radius 1 is 1.29 bits per heavy atom. The molecular weight excluding hydrogens is 284 g/mol. The summed E-state index contributed by atoms with van der Waals surface area (Å²) in [6, 6.07) is 8.40. The van der Waals surface area contributed by atoms with Gasteiger partial charge in [-0.25, -0.2) is 4.79 Å². The number of benzene rings is 1. The Hall–Kier alpha value is -1.23. The lowest BCUT2D eigenvalue weighted by molar-refractivity contribution is 0.134. The van der Waals surface area contributed by atoms with Crippen molar-refractivity contribution in [2.45, 2.75) is 18.9 Å². The Kier molecular flexibility index (Phi) is 3.89. The minimum atomic E-state index is -0.813. The van der Waals surface area contributed by atoms with E-state index < -0.39 is 6.09 Å². The van der Waals surface area contributed by atoms with Crippen LogP contribution in [0.3, 0.4) is 0 Å². The van der Waals surface area contributed by atoms with Crippen LogP contribution < -0.4 is 5.32 Å². The number of likely N-dealkylation sites (tertiary alicyclic amines) is 1. The van der Waals surface area contributed by atoms with Crippen molar-refractivity contribution in [3.8, 4) is 0 Å². The molecule has 2 rings (SSSR count). The van der Waals surface area contributed by atoms with Crippen LogP contribution in [0.2, 0.25) is 0 Å². The molecule has 0 saturated carbocycles. The molecule has 0 aliphatic carbocycles. The highest BCUT2D eigenvalue weighted by Gasteiger charge is 2.21. The lowest BCUT2D eigenvalue weighted by Crippen LogP contribution is -2.41. The van der Waals surface area contributed by atoms with Crippen LogP contribution in [0, 0.1) is 0 Å². The molecule has 92 valence electrons. The smallest absolute Gasteiger partial charge is 0.407 e. The van der Waals surface area contributed by atoms with Crippen molar-refractivity contribution >= 4 is 27.7 Å². The van der Waals surface area contributed by atoms with E-state index in [9.17, 15) is 4.79 Å². The van der Waals surface area contributed by atoms with E-state index in [1.165, 1.54) is 4.90 Å². The quantitative estimate of drug-likeness (QED) is 0.882. The van der Waals surface area contributed by atoms with Gasteiger partial charge >= 0.3 is 6.09 Å². The highest BCUT2D eigenvalue weighted by molar-refractivity contribution is 9.10. The highest BCUT2D eigenvalue weighted by Crippen LogP contribution is 2.18. The van der Waals surface area contributed by atoms with Crippen LogP contribution in [0.15, 0.2) is 28.7 Å². The number of piperidine rings is 1. The molecule has 0 spiro atoms. The van der Waals surface area contributed by atoms with E-state index in [-0.39, 0.29) is 0 Å². The van der Waals surface area contributed by atoms with Gasteiger partial charge in [0.25, 0.3) is 0 Å². The maximum absolute atomic E-state index is 10.8. The van der Waals surface area contributed by atoms with Crippen LogP contribution in [-0.2, 0) is 0 Å². The van der Waals surface area contributed by atoms with Crippen molar-refractivity contribution in [2.75, 3.05) is 18.4 Å². The Balaban J connectivity index is 1.85. The van der Waals surface area contributed by atoms with Crippen molar-refractivity contribution in [3.63, 3.8) is 0 Å². The summed E-state index contributed by atoms with van der Waals surface area (Å²) < 4.78 is 1.06. The predicted molar refractivity (Wildman–Crippen MR) is 70.4 cm³/mol. The van der Waals surface area contributed by atoms with Crippen LogP contribution in [-0.4, -0.2) is 35.2 Å². The van der Waals surface area contributed by atoms with Crippen LogP contribution >= 0.6 is 15.9 Å². The fraction of sp³-hybridized carbons (Fsp3) is 0.417. The normalized spacial score (nSPS) is 16.9. The largest absolute Gasteiger partial charge is 0.465 e. The van der Waals surface area contributed by atoms with Crippen molar-refractivity contribution < 1.29 is 9.90 Å². The lowest BCUT2D eigenvalue weighted by Gasteiger charge is -2.31. The molecule has 4 nitrogen and oxygen atoms in total. The fourth-order valence-corrected chi connectivity index (χ4v) is 2.26.